The second-order valence-corrected chi connectivity index (χ2v) is 8.07. The molecule has 0 spiro atoms. The summed E-state index contributed by atoms with van der Waals surface area (Å²) in [6.45, 7) is 2.51. The molecule has 5 nitrogen and oxygen atoms in total. The largest absolute Gasteiger partial charge is 0.342 e. The maximum atomic E-state index is 12.9. The van der Waals surface area contributed by atoms with Gasteiger partial charge in [-0.1, -0.05) is 19.3 Å². The SMILES string of the molecule is O=C(C1CCCCC1)N1CCC[C@@H](c2nccn2Cc2cscn2)C1. The lowest BCUT2D eigenvalue weighted by Crippen LogP contribution is -2.43. The number of amides is 1. The van der Waals surface area contributed by atoms with Crippen LogP contribution in [0.4, 0.5) is 0 Å². The lowest BCUT2D eigenvalue weighted by Gasteiger charge is -2.35. The molecule has 1 aliphatic carbocycles. The van der Waals surface area contributed by atoms with Crippen molar-refractivity contribution < 1.29 is 4.79 Å². The third kappa shape index (κ3) is 3.78. The Morgan fingerprint density at radius 2 is 2.04 bits per heavy atom. The first-order valence-electron chi connectivity index (χ1n) is 9.48. The molecule has 1 atom stereocenters. The molecule has 0 N–H and O–H groups in total. The molecule has 4 rings (SSSR count). The zero-order valence-corrected chi connectivity index (χ0v) is 15.5. The number of thiazole rings is 1. The molecule has 2 aromatic heterocycles. The normalized spacial score (nSPS) is 22.2. The number of imidazole rings is 1. The number of hydrogen-bond donors (Lipinski definition) is 0. The molecule has 1 saturated heterocycles. The second-order valence-electron chi connectivity index (χ2n) is 7.35. The van der Waals surface area contributed by atoms with E-state index in [1.165, 1.54) is 19.3 Å². The number of nitrogens with zero attached hydrogens (tertiary/aromatic N) is 4. The van der Waals surface area contributed by atoms with Crippen LogP contribution in [0, 0.1) is 5.92 Å². The average molecular weight is 359 g/mol. The van der Waals surface area contributed by atoms with E-state index in [0.29, 0.717) is 11.8 Å². The van der Waals surface area contributed by atoms with Crippen molar-refractivity contribution in [3.8, 4) is 0 Å². The van der Waals surface area contributed by atoms with Crippen molar-refractivity contribution in [1.82, 2.24) is 19.4 Å². The third-order valence-electron chi connectivity index (χ3n) is 5.62. The molecule has 0 radical (unpaired) electrons. The molecular formula is C19H26N4OS. The van der Waals surface area contributed by atoms with Gasteiger partial charge in [0.15, 0.2) is 0 Å². The highest BCUT2D eigenvalue weighted by atomic mass is 32.1. The van der Waals surface area contributed by atoms with E-state index >= 15 is 0 Å². The van der Waals surface area contributed by atoms with Gasteiger partial charge in [-0.25, -0.2) is 9.97 Å². The Balaban J connectivity index is 1.44. The molecule has 6 heteroatoms. The first-order valence-corrected chi connectivity index (χ1v) is 10.4. The van der Waals surface area contributed by atoms with Gasteiger partial charge < -0.3 is 9.47 Å². The van der Waals surface area contributed by atoms with Crippen LogP contribution < -0.4 is 0 Å². The molecule has 0 aromatic carbocycles. The van der Waals surface area contributed by atoms with Crippen molar-refractivity contribution in [3.05, 3.63) is 34.8 Å². The summed E-state index contributed by atoms with van der Waals surface area (Å²) in [5.41, 5.74) is 2.95. The van der Waals surface area contributed by atoms with E-state index in [-0.39, 0.29) is 5.92 Å². The van der Waals surface area contributed by atoms with Crippen LogP contribution >= 0.6 is 11.3 Å². The minimum absolute atomic E-state index is 0.266. The van der Waals surface area contributed by atoms with E-state index in [4.69, 9.17) is 0 Å². The number of aromatic nitrogens is 3. The number of rotatable bonds is 4. The van der Waals surface area contributed by atoms with Crippen molar-refractivity contribution in [2.24, 2.45) is 5.92 Å². The zero-order valence-electron chi connectivity index (χ0n) is 14.6. The Kier molecular flexibility index (Phi) is 5.15. The van der Waals surface area contributed by atoms with Gasteiger partial charge in [0.1, 0.15) is 5.82 Å². The van der Waals surface area contributed by atoms with E-state index in [1.807, 2.05) is 17.9 Å². The van der Waals surface area contributed by atoms with Gasteiger partial charge >= 0.3 is 0 Å². The van der Waals surface area contributed by atoms with Crippen LogP contribution in [-0.2, 0) is 11.3 Å². The molecule has 3 heterocycles. The van der Waals surface area contributed by atoms with Crippen molar-refractivity contribution in [2.75, 3.05) is 13.1 Å². The number of hydrogen-bond acceptors (Lipinski definition) is 4. The summed E-state index contributed by atoms with van der Waals surface area (Å²) in [5.74, 6) is 2.10. The molecular weight excluding hydrogens is 332 g/mol. The third-order valence-corrected chi connectivity index (χ3v) is 6.25. The fourth-order valence-electron chi connectivity index (χ4n) is 4.30. The molecule has 0 bridgehead atoms. The van der Waals surface area contributed by atoms with Gasteiger partial charge in [-0.3, -0.25) is 4.79 Å². The number of carbonyl (C=O) groups excluding carboxylic acids is 1. The molecule has 1 amide bonds. The Morgan fingerprint density at radius 3 is 2.84 bits per heavy atom. The fourth-order valence-corrected chi connectivity index (χ4v) is 4.85. The van der Waals surface area contributed by atoms with Crippen molar-refractivity contribution in [3.63, 3.8) is 0 Å². The van der Waals surface area contributed by atoms with Crippen LogP contribution in [0.15, 0.2) is 23.3 Å². The molecule has 1 aliphatic heterocycles. The predicted octanol–water partition coefficient (Wildman–Crippen LogP) is 3.67. The minimum Gasteiger partial charge on any atom is -0.342 e. The summed E-state index contributed by atoms with van der Waals surface area (Å²) < 4.78 is 2.20. The van der Waals surface area contributed by atoms with Crippen LogP contribution in [0.25, 0.3) is 0 Å². The summed E-state index contributed by atoms with van der Waals surface area (Å²) in [4.78, 5) is 24.0. The van der Waals surface area contributed by atoms with Gasteiger partial charge in [0.05, 0.1) is 17.7 Å². The Bertz CT molecular complexity index is 690. The second kappa shape index (κ2) is 7.68. The number of piperidine rings is 1. The van der Waals surface area contributed by atoms with Crippen LogP contribution in [0.2, 0.25) is 0 Å². The average Bonchev–Trinajstić information content (AvgIpc) is 3.34. The lowest BCUT2D eigenvalue weighted by molar-refractivity contribution is -0.137. The summed E-state index contributed by atoms with van der Waals surface area (Å²) in [6.07, 6.45) is 12.0. The topological polar surface area (TPSA) is 51.0 Å². The predicted molar refractivity (Wildman–Crippen MR) is 98.6 cm³/mol. The molecule has 2 fully saturated rings. The van der Waals surface area contributed by atoms with E-state index in [9.17, 15) is 4.79 Å². The lowest BCUT2D eigenvalue weighted by atomic mass is 9.87. The Hall–Kier alpha value is -1.69. The highest BCUT2D eigenvalue weighted by molar-refractivity contribution is 7.07. The highest BCUT2D eigenvalue weighted by Gasteiger charge is 2.31. The van der Waals surface area contributed by atoms with E-state index in [0.717, 1.165) is 56.8 Å². The fraction of sp³-hybridized carbons (Fsp3) is 0.632. The summed E-state index contributed by atoms with van der Waals surface area (Å²) in [5, 5.41) is 2.09. The van der Waals surface area contributed by atoms with Gasteiger partial charge in [0, 0.05) is 42.7 Å². The summed E-state index contributed by atoms with van der Waals surface area (Å²) in [7, 11) is 0. The van der Waals surface area contributed by atoms with Crippen LogP contribution in [0.3, 0.4) is 0 Å². The van der Waals surface area contributed by atoms with Crippen LogP contribution in [0.1, 0.15) is 62.4 Å². The smallest absolute Gasteiger partial charge is 0.225 e. The molecule has 25 heavy (non-hydrogen) atoms. The summed E-state index contributed by atoms with van der Waals surface area (Å²) >= 11 is 1.63. The van der Waals surface area contributed by atoms with Gasteiger partial charge in [0.2, 0.25) is 5.91 Å². The van der Waals surface area contributed by atoms with Crippen molar-refractivity contribution in [1.29, 1.82) is 0 Å². The first kappa shape index (κ1) is 16.8. The van der Waals surface area contributed by atoms with Gasteiger partial charge in [-0.2, -0.15) is 0 Å². The molecule has 1 saturated carbocycles. The Labute approximate surface area is 153 Å². The van der Waals surface area contributed by atoms with Crippen molar-refractivity contribution >= 4 is 17.2 Å². The van der Waals surface area contributed by atoms with E-state index in [1.54, 1.807) is 11.3 Å². The monoisotopic (exact) mass is 358 g/mol. The molecule has 2 aliphatic rings. The number of carbonyl (C=O) groups is 1. The van der Waals surface area contributed by atoms with Crippen LogP contribution in [0.5, 0.6) is 0 Å². The minimum atomic E-state index is 0.266. The molecule has 134 valence electrons. The standard InChI is InChI=1S/C19H26N4OS/c24-19(15-5-2-1-3-6-15)23-9-4-7-16(11-23)18-20-8-10-22(18)12-17-13-25-14-21-17/h8,10,13-16H,1-7,9,11-12H2/t16-/m1/s1. The first-order chi connectivity index (χ1) is 12.3. The van der Waals surface area contributed by atoms with Crippen molar-refractivity contribution in [2.45, 2.75) is 57.4 Å². The highest BCUT2D eigenvalue weighted by Crippen LogP contribution is 2.30. The van der Waals surface area contributed by atoms with Crippen LogP contribution in [-0.4, -0.2) is 38.4 Å². The quantitative estimate of drug-likeness (QED) is 0.838. The Morgan fingerprint density at radius 1 is 1.16 bits per heavy atom. The van der Waals surface area contributed by atoms with Gasteiger partial charge in [-0.15, -0.1) is 11.3 Å². The summed E-state index contributed by atoms with van der Waals surface area (Å²) in [6, 6.07) is 0. The van der Waals surface area contributed by atoms with E-state index < -0.39 is 0 Å². The van der Waals surface area contributed by atoms with Gasteiger partial charge in [0.25, 0.3) is 0 Å². The van der Waals surface area contributed by atoms with Gasteiger partial charge in [-0.05, 0) is 25.7 Å². The maximum absolute atomic E-state index is 12.9. The maximum Gasteiger partial charge on any atom is 0.225 e. The van der Waals surface area contributed by atoms with E-state index in [2.05, 4.69) is 24.8 Å². The molecule has 0 unspecified atom stereocenters. The number of likely N-dealkylation sites (tertiary alicyclic amines) is 1. The zero-order chi connectivity index (χ0) is 17.1. The molecule has 2 aromatic rings.